The first-order valence-electron chi connectivity index (χ1n) is 6.59. The second-order valence-corrected chi connectivity index (χ2v) is 4.84. The van der Waals surface area contributed by atoms with Crippen LogP contribution in [-0.4, -0.2) is 29.7 Å². The third-order valence-corrected chi connectivity index (χ3v) is 3.13. The number of aliphatic hydroxyl groups excluding tert-OH is 1. The lowest BCUT2D eigenvalue weighted by Crippen LogP contribution is -2.24. The molecule has 0 unspecified atom stereocenters. The van der Waals surface area contributed by atoms with Crippen molar-refractivity contribution in [3.8, 4) is 0 Å². The maximum Gasteiger partial charge on any atom is 0.0443 e. The fourth-order valence-corrected chi connectivity index (χ4v) is 1.91. The van der Waals surface area contributed by atoms with Gasteiger partial charge in [0, 0.05) is 19.7 Å². The molecule has 0 aliphatic carbocycles. The van der Waals surface area contributed by atoms with Crippen LogP contribution in [-0.2, 0) is 6.54 Å². The van der Waals surface area contributed by atoms with Crippen molar-refractivity contribution in [2.45, 2.75) is 39.7 Å². The highest BCUT2D eigenvalue weighted by atomic mass is 16.3. The van der Waals surface area contributed by atoms with Crippen molar-refractivity contribution in [2.75, 3.05) is 19.7 Å². The van der Waals surface area contributed by atoms with Crippen molar-refractivity contribution in [3.05, 3.63) is 35.4 Å². The number of benzene rings is 1. The Kier molecular flexibility index (Phi) is 6.23. The smallest absolute Gasteiger partial charge is 0.0443 e. The minimum Gasteiger partial charge on any atom is -0.396 e. The summed E-state index contributed by atoms with van der Waals surface area (Å²) in [5, 5.41) is 8.85. The van der Waals surface area contributed by atoms with Crippen LogP contribution >= 0.6 is 0 Å². The quantitative estimate of drug-likeness (QED) is 0.785. The average Bonchev–Trinajstić information content (AvgIpc) is 2.35. The lowest BCUT2D eigenvalue weighted by atomic mass is 10.0. The summed E-state index contributed by atoms with van der Waals surface area (Å²) in [6, 6.07) is 8.88. The fourth-order valence-electron chi connectivity index (χ4n) is 1.91. The van der Waals surface area contributed by atoms with Crippen LogP contribution in [0.3, 0.4) is 0 Å². The van der Waals surface area contributed by atoms with Crippen LogP contribution in [0.5, 0.6) is 0 Å². The van der Waals surface area contributed by atoms with Gasteiger partial charge < -0.3 is 5.11 Å². The van der Waals surface area contributed by atoms with Gasteiger partial charge in [-0.15, -0.1) is 0 Å². The Bertz CT molecular complexity index is 305. The Morgan fingerprint density at radius 3 is 2.29 bits per heavy atom. The molecule has 0 radical (unpaired) electrons. The summed E-state index contributed by atoms with van der Waals surface area (Å²) in [4.78, 5) is 2.36. The van der Waals surface area contributed by atoms with E-state index in [0.29, 0.717) is 5.92 Å². The molecule has 0 saturated carbocycles. The first-order chi connectivity index (χ1) is 8.17. The molecular weight excluding hydrogens is 210 g/mol. The molecule has 0 aromatic heterocycles. The number of nitrogens with zero attached hydrogens (tertiary/aromatic N) is 1. The number of hydrogen-bond acceptors (Lipinski definition) is 2. The van der Waals surface area contributed by atoms with E-state index in [-0.39, 0.29) is 6.61 Å². The molecule has 0 fully saturated rings. The Hall–Kier alpha value is -0.860. The molecule has 0 bridgehead atoms. The van der Waals surface area contributed by atoms with E-state index in [9.17, 15) is 0 Å². The Morgan fingerprint density at radius 2 is 1.82 bits per heavy atom. The molecule has 2 heteroatoms. The molecule has 1 aromatic carbocycles. The number of rotatable bonds is 7. The summed E-state index contributed by atoms with van der Waals surface area (Å²) in [5.74, 6) is 0.598. The number of aliphatic hydroxyl groups is 1. The maximum absolute atomic E-state index is 8.85. The van der Waals surface area contributed by atoms with E-state index in [0.717, 1.165) is 26.1 Å². The SMILES string of the molecule is CCN(CCCO)Cc1ccc(C(C)C)cc1. The monoisotopic (exact) mass is 235 g/mol. The lowest BCUT2D eigenvalue weighted by Gasteiger charge is -2.20. The van der Waals surface area contributed by atoms with E-state index in [4.69, 9.17) is 5.11 Å². The molecule has 0 heterocycles. The third kappa shape index (κ3) is 4.88. The topological polar surface area (TPSA) is 23.5 Å². The van der Waals surface area contributed by atoms with Gasteiger partial charge in [0.2, 0.25) is 0 Å². The Labute approximate surface area is 105 Å². The predicted octanol–water partition coefficient (Wildman–Crippen LogP) is 3.01. The van der Waals surface area contributed by atoms with Gasteiger partial charge in [0.25, 0.3) is 0 Å². The van der Waals surface area contributed by atoms with Crippen LogP contribution in [0.15, 0.2) is 24.3 Å². The van der Waals surface area contributed by atoms with E-state index in [1.165, 1.54) is 11.1 Å². The molecule has 0 atom stereocenters. The lowest BCUT2D eigenvalue weighted by molar-refractivity contribution is 0.225. The zero-order valence-corrected chi connectivity index (χ0v) is 11.3. The minimum absolute atomic E-state index is 0.281. The van der Waals surface area contributed by atoms with E-state index >= 15 is 0 Å². The highest BCUT2D eigenvalue weighted by Gasteiger charge is 2.04. The van der Waals surface area contributed by atoms with Crippen LogP contribution in [0.25, 0.3) is 0 Å². The van der Waals surface area contributed by atoms with Gasteiger partial charge in [-0.25, -0.2) is 0 Å². The molecule has 0 saturated heterocycles. The van der Waals surface area contributed by atoms with Gasteiger partial charge in [-0.3, -0.25) is 4.90 Å². The summed E-state index contributed by atoms with van der Waals surface area (Å²) in [5.41, 5.74) is 2.75. The van der Waals surface area contributed by atoms with Crippen molar-refractivity contribution in [3.63, 3.8) is 0 Å². The second-order valence-electron chi connectivity index (χ2n) is 4.84. The van der Waals surface area contributed by atoms with Crippen LogP contribution in [0.1, 0.15) is 44.2 Å². The Balaban J connectivity index is 2.54. The highest BCUT2D eigenvalue weighted by Crippen LogP contribution is 2.15. The zero-order chi connectivity index (χ0) is 12.7. The van der Waals surface area contributed by atoms with Gasteiger partial charge in [0.1, 0.15) is 0 Å². The third-order valence-electron chi connectivity index (χ3n) is 3.13. The Morgan fingerprint density at radius 1 is 1.18 bits per heavy atom. The largest absolute Gasteiger partial charge is 0.396 e. The van der Waals surface area contributed by atoms with Crippen molar-refractivity contribution in [1.29, 1.82) is 0 Å². The van der Waals surface area contributed by atoms with Crippen LogP contribution < -0.4 is 0 Å². The van der Waals surface area contributed by atoms with Crippen molar-refractivity contribution >= 4 is 0 Å². The number of hydrogen-bond donors (Lipinski definition) is 1. The molecule has 96 valence electrons. The van der Waals surface area contributed by atoms with Crippen molar-refractivity contribution in [1.82, 2.24) is 4.90 Å². The van der Waals surface area contributed by atoms with Gasteiger partial charge in [0.15, 0.2) is 0 Å². The summed E-state index contributed by atoms with van der Waals surface area (Å²) >= 11 is 0. The molecule has 2 nitrogen and oxygen atoms in total. The minimum atomic E-state index is 0.281. The molecule has 0 aliphatic heterocycles. The first kappa shape index (κ1) is 14.2. The molecule has 1 N–H and O–H groups in total. The maximum atomic E-state index is 8.85. The van der Waals surface area contributed by atoms with Gasteiger partial charge in [-0.05, 0) is 30.0 Å². The fraction of sp³-hybridized carbons (Fsp3) is 0.600. The van der Waals surface area contributed by atoms with E-state index in [2.05, 4.69) is 49.9 Å². The standard InChI is InChI=1S/C15H25NO/c1-4-16(10-5-11-17)12-14-6-8-15(9-7-14)13(2)3/h6-9,13,17H,4-5,10-12H2,1-3H3. The van der Waals surface area contributed by atoms with E-state index in [1.807, 2.05) is 0 Å². The normalized spacial score (nSPS) is 11.4. The molecule has 0 spiro atoms. The molecule has 0 aliphatic rings. The summed E-state index contributed by atoms with van der Waals surface area (Å²) in [6.45, 7) is 9.87. The molecule has 0 amide bonds. The molecular formula is C15H25NO. The summed E-state index contributed by atoms with van der Waals surface area (Å²) in [6.07, 6.45) is 0.859. The van der Waals surface area contributed by atoms with Crippen LogP contribution in [0.2, 0.25) is 0 Å². The molecule has 1 rings (SSSR count). The van der Waals surface area contributed by atoms with Gasteiger partial charge in [-0.1, -0.05) is 45.0 Å². The first-order valence-corrected chi connectivity index (χ1v) is 6.59. The summed E-state index contributed by atoms with van der Waals surface area (Å²) in [7, 11) is 0. The summed E-state index contributed by atoms with van der Waals surface area (Å²) < 4.78 is 0. The highest BCUT2D eigenvalue weighted by molar-refractivity contribution is 5.24. The van der Waals surface area contributed by atoms with Crippen LogP contribution in [0, 0.1) is 0 Å². The molecule has 17 heavy (non-hydrogen) atoms. The second kappa shape index (κ2) is 7.46. The van der Waals surface area contributed by atoms with Crippen molar-refractivity contribution < 1.29 is 5.11 Å². The van der Waals surface area contributed by atoms with Crippen LogP contribution in [0.4, 0.5) is 0 Å². The van der Waals surface area contributed by atoms with Gasteiger partial charge >= 0.3 is 0 Å². The van der Waals surface area contributed by atoms with E-state index in [1.54, 1.807) is 0 Å². The van der Waals surface area contributed by atoms with E-state index < -0.39 is 0 Å². The van der Waals surface area contributed by atoms with Crippen molar-refractivity contribution in [2.24, 2.45) is 0 Å². The molecule has 1 aromatic rings. The predicted molar refractivity (Wildman–Crippen MR) is 73.2 cm³/mol. The zero-order valence-electron chi connectivity index (χ0n) is 11.3. The average molecular weight is 235 g/mol. The van der Waals surface area contributed by atoms with Gasteiger partial charge in [-0.2, -0.15) is 0 Å². The van der Waals surface area contributed by atoms with Gasteiger partial charge in [0.05, 0.1) is 0 Å².